The number of halogens is 1. The van der Waals surface area contributed by atoms with Gasteiger partial charge in [-0.25, -0.2) is 18.4 Å². The molecule has 0 unspecified atom stereocenters. The molecule has 1 saturated heterocycles. The number of morpholine rings is 1. The lowest BCUT2D eigenvalue weighted by molar-refractivity contribution is 0.122. The van der Waals surface area contributed by atoms with E-state index in [2.05, 4.69) is 14.9 Å². The summed E-state index contributed by atoms with van der Waals surface area (Å²) in [6.45, 7) is 5.26. The number of rotatable bonds is 3. The van der Waals surface area contributed by atoms with Gasteiger partial charge in [-0.15, -0.1) is 0 Å². The van der Waals surface area contributed by atoms with E-state index in [0.717, 1.165) is 29.9 Å². The van der Waals surface area contributed by atoms with Crippen molar-refractivity contribution < 1.29 is 13.2 Å². The number of aromatic nitrogens is 2. The molecule has 0 atom stereocenters. The van der Waals surface area contributed by atoms with Gasteiger partial charge in [0.1, 0.15) is 0 Å². The number of hydrogen-bond donors (Lipinski definition) is 0. The van der Waals surface area contributed by atoms with E-state index in [1.54, 1.807) is 12.1 Å². The molecule has 144 valence electrons. The van der Waals surface area contributed by atoms with Crippen molar-refractivity contribution in [2.45, 2.75) is 24.8 Å². The highest BCUT2D eigenvalue weighted by molar-refractivity contribution is 7.89. The van der Waals surface area contributed by atoms with E-state index >= 15 is 0 Å². The highest BCUT2D eigenvalue weighted by Gasteiger charge is 2.30. The molecular weight excluding hydrogens is 388 g/mol. The molecule has 0 saturated carbocycles. The van der Waals surface area contributed by atoms with Gasteiger partial charge in [0.25, 0.3) is 0 Å². The second-order valence-electron chi connectivity index (χ2n) is 6.74. The lowest BCUT2D eigenvalue weighted by atomic mass is 10.1. The van der Waals surface area contributed by atoms with Gasteiger partial charge in [0, 0.05) is 30.9 Å². The van der Waals surface area contributed by atoms with Crippen LogP contribution in [0.2, 0.25) is 5.02 Å². The third kappa shape index (κ3) is 3.67. The third-order valence-electron chi connectivity index (χ3n) is 4.97. The summed E-state index contributed by atoms with van der Waals surface area (Å²) in [6, 6.07) is 4.85. The lowest BCUT2D eigenvalue weighted by Gasteiger charge is -2.30. The van der Waals surface area contributed by atoms with Crippen LogP contribution in [0.4, 0.5) is 5.95 Å². The Balaban J connectivity index is 1.60. The lowest BCUT2D eigenvalue weighted by Crippen LogP contribution is -2.39. The van der Waals surface area contributed by atoms with Crippen LogP contribution in [0.3, 0.4) is 0 Å². The van der Waals surface area contributed by atoms with E-state index in [9.17, 15) is 8.42 Å². The maximum atomic E-state index is 13.0. The van der Waals surface area contributed by atoms with Crippen LogP contribution in [0.15, 0.2) is 29.3 Å². The fourth-order valence-corrected chi connectivity index (χ4v) is 4.95. The molecule has 1 fully saturated rings. The number of sulfonamides is 1. The van der Waals surface area contributed by atoms with Crippen LogP contribution >= 0.6 is 11.6 Å². The summed E-state index contributed by atoms with van der Waals surface area (Å²) in [5.41, 5.74) is 2.61. The highest BCUT2D eigenvalue weighted by atomic mass is 35.5. The minimum absolute atomic E-state index is 0.212. The monoisotopic (exact) mass is 408 g/mol. The molecule has 9 heteroatoms. The summed E-state index contributed by atoms with van der Waals surface area (Å²) in [6.07, 6.45) is 2.41. The zero-order valence-electron chi connectivity index (χ0n) is 15.1. The van der Waals surface area contributed by atoms with Crippen molar-refractivity contribution in [2.24, 2.45) is 0 Å². The molecule has 27 heavy (non-hydrogen) atoms. The summed E-state index contributed by atoms with van der Waals surface area (Å²) in [5, 5.41) is 0.449. The number of benzene rings is 1. The molecule has 3 heterocycles. The van der Waals surface area contributed by atoms with Crippen LogP contribution in [-0.2, 0) is 27.7 Å². The average Bonchev–Trinajstić information content (AvgIpc) is 2.69. The van der Waals surface area contributed by atoms with Crippen molar-refractivity contribution in [3.63, 3.8) is 0 Å². The maximum Gasteiger partial charge on any atom is 0.243 e. The molecule has 2 aliphatic heterocycles. The Morgan fingerprint density at radius 2 is 1.96 bits per heavy atom. The van der Waals surface area contributed by atoms with Crippen molar-refractivity contribution in [3.8, 4) is 0 Å². The Kier molecular flexibility index (Phi) is 5.07. The van der Waals surface area contributed by atoms with Crippen LogP contribution in [0, 0.1) is 6.92 Å². The normalized spacial score (nSPS) is 18.4. The standard InChI is InChI=1S/C18H21ClN4O3S/c1-13-2-3-15(10-16(13)19)27(24,25)23-5-4-14-11-20-18(21-17(14)12-23)22-6-8-26-9-7-22/h2-3,10-11H,4-9,12H2,1H3. The molecule has 0 spiro atoms. The van der Waals surface area contributed by atoms with Crippen LogP contribution < -0.4 is 4.90 Å². The predicted octanol–water partition coefficient (Wildman–Crippen LogP) is 2.02. The molecule has 0 N–H and O–H groups in total. The van der Waals surface area contributed by atoms with Gasteiger partial charge in [-0.1, -0.05) is 17.7 Å². The van der Waals surface area contributed by atoms with Gasteiger partial charge >= 0.3 is 0 Å². The molecule has 2 aliphatic rings. The second kappa shape index (κ2) is 7.35. The van der Waals surface area contributed by atoms with Crippen molar-refractivity contribution in [1.82, 2.24) is 14.3 Å². The first kappa shape index (κ1) is 18.6. The molecule has 4 rings (SSSR count). The molecule has 0 amide bonds. The van der Waals surface area contributed by atoms with Gasteiger partial charge in [0.15, 0.2) is 0 Å². The molecule has 0 aliphatic carbocycles. The number of nitrogens with zero attached hydrogens (tertiary/aromatic N) is 4. The van der Waals surface area contributed by atoms with E-state index in [-0.39, 0.29) is 11.4 Å². The topological polar surface area (TPSA) is 75.6 Å². The van der Waals surface area contributed by atoms with Crippen LogP contribution in [0.1, 0.15) is 16.8 Å². The molecule has 1 aromatic carbocycles. The Morgan fingerprint density at radius 1 is 1.19 bits per heavy atom. The number of fused-ring (bicyclic) bond motifs is 1. The Labute approximate surface area is 164 Å². The summed E-state index contributed by atoms with van der Waals surface area (Å²) >= 11 is 6.13. The first-order valence-corrected chi connectivity index (χ1v) is 10.7. The van der Waals surface area contributed by atoms with Crippen molar-refractivity contribution in [3.05, 3.63) is 46.2 Å². The van der Waals surface area contributed by atoms with E-state index in [1.165, 1.54) is 10.4 Å². The summed E-state index contributed by atoms with van der Waals surface area (Å²) < 4.78 is 32.9. The van der Waals surface area contributed by atoms with Gasteiger partial charge in [0.2, 0.25) is 16.0 Å². The van der Waals surface area contributed by atoms with Crippen molar-refractivity contribution >= 4 is 27.6 Å². The first-order chi connectivity index (χ1) is 12.9. The fourth-order valence-electron chi connectivity index (χ4n) is 3.27. The summed E-state index contributed by atoms with van der Waals surface area (Å²) in [4.78, 5) is 11.4. The zero-order chi connectivity index (χ0) is 19.0. The SMILES string of the molecule is Cc1ccc(S(=O)(=O)N2CCc3cnc(N4CCOCC4)nc3C2)cc1Cl. The largest absolute Gasteiger partial charge is 0.378 e. The van der Waals surface area contributed by atoms with Crippen LogP contribution in [0.5, 0.6) is 0 Å². The van der Waals surface area contributed by atoms with E-state index in [4.69, 9.17) is 16.3 Å². The Bertz CT molecular complexity index is 961. The Morgan fingerprint density at radius 3 is 2.70 bits per heavy atom. The minimum Gasteiger partial charge on any atom is -0.378 e. The van der Waals surface area contributed by atoms with Gasteiger partial charge in [-0.2, -0.15) is 4.31 Å². The molecule has 1 aromatic heterocycles. The van der Waals surface area contributed by atoms with Crippen molar-refractivity contribution in [2.75, 3.05) is 37.7 Å². The molecule has 2 aromatic rings. The van der Waals surface area contributed by atoms with Crippen molar-refractivity contribution in [1.29, 1.82) is 0 Å². The van der Waals surface area contributed by atoms with E-state index < -0.39 is 10.0 Å². The van der Waals surface area contributed by atoms with Gasteiger partial charge in [-0.3, -0.25) is 0 Å². The van der Waals surface area contributed by atoms with Crippen LogP contribution in [0.25, 0.3) is 0 Å². The highest BCUT2D eigenvalue weighted by Crippen LogP contribution is 2.27. The predicted molar refractivity (Wildman–Crippen MR) is 103 cm³/mol. The van der Waals surface area contributed by atoms with Gasteiger partial charge < -0.3 is 9.64 Å². The van der Waals surface area contributed by atoms with Gasteiger partial charge in [0.05, 0.1) is 30.3 Å². The summed E-state index contributed by atoms with van der Waals surface area (Å²) in [5.74, 6) is 0.634. The van der Waals surface area contributed by atoms with E-state index in [0.29, 0.717) is 37.2 Å². The van der Waals surface area contributed by atoms with Gasteiger partial charge in [-0.05, 0) is 36.6 Å². The number of anilines is 1. The first-order valence-electron chi connectivity index (χ1n) is 8.89. The second-order valence-corrected chi connectivity index (χ2v) is 9.09. The summed E-state index contributed by atoms with van der Waals surface area (Å²) in [7, 11) is -3.63. The zero-order valence-corrected chi connectivity index (χ0v) is 16.6. The fraction of sp³-hybridized carbons (Fsp3) is 0.444. The smallest absolute Gasteiger partial charge is 0.243 e. The minimum atomic E-state index is -3.63. The molecule has 0 bridgehead atoms. The molecule has 0 radical (unpaired) electrons. The average molecular weight is 409 g/mol. The quantitative estimate of drug-likeness (QED) is 0.773. The number of hydrogen-bond acceptors (Lipinski definition) is 6. The Hall–Kier alpha value is -1.74. The third-order valence-corrected chi connectivity index (χ3v) is 7.22. The molecular formula is C18H21ClN4O3S. The molecule has 7 nitrogen and oxygen atoms in total. The number of ether oxygens (including phenoxy) is 1. The maximum absolute atomic E-state index is 13.0. The van der Waals surface area contributed by atoms with E-state index in [1.807, 2.05) is 13.1 Å². The van der Waals surface area contributed by atoms with Crippen LogP contribution in [-0.4, -0.2) is 55.5 Å². The number of aryl methyl sites for hydroxylation is 1.